The first-order valence-corrected chi connectivity index (χ1v) is 10.1. The summed E-state index contributed by atoms with van der Waals surface area (Å²) >= 11 is 5.95. The molecular weight excluding hydrogens is 380 g/mol. The van der Waals surface area contributed by atoms with Crippen LogP contribution < -0.4 is 5.32 Å². The average Bonchev–Trinajstić information content (AvgIpc) is 3.12. The highest BCUT2D eigenvalue weighted by atomic mass is 35.5. The van der Waals surface area contributed by atoms with Gasteiger partial charge in [0.25, 0.3) is 0 Å². The number of H-pyrrole nitrogens is 1. The molecule has 1 fully saturated rings. The Hall–Kier alpha value is -3.29. The van der Waals surface area contributed by atoms with Crippen molar-refractivity contribution in [1.29, 1.82) is 0 Å². The van der Waals surface area contributed by atoms with Gasteiger partial charge in [0.2, 0.25) is 5.95 Å². The second-order valence-electron chi connectivity index (χ2n) is 7.28. The first-order chi connectivity index (χ1) is 14.2. The van der Waals surface area contributed by atoms with Crippen molar-refractivity contribution in [3.8, 4) is 23.0 Å². The summed E-state index contributed by atoms with van der Waals surface area (Å²) in [5.41, 5.74) is 5.71. The van der Waals surface area contributed by atoms with Crippen LogP contribution in [0.3, 0.4) is 0 Å². The SMILES string of the molecule is Clc1ccc(-c2ccc(C#Cc3ccc4[nH]c(NC5CCC5)nc4c3)nc2)cc1. The van der Waals surface area contributed by atoms with Gasteiger partial charge in [-0.2, -0.15) is 0 Å². The Kier molecular flexibility index (Phi) is 4.67. The van der Waals surface area contributed by atoms with Crippen LogP contribution in [-0.2, 0) is 0 Å². The molecule has 2 heterocycles. The molecule has 0 aliphatic heterocycles. The van der Waals surface area contributed by atoms with Gasteiger partial charge in [-0.05, 0) is 67.1 Å². The number of nitrogens with one attached hydrogen (secondary N) is 2. The highest BCUT2D eigenvalue weighted by Crippen LogP contribution is 2.24. The summed E-state index contributed by atoms with van der Waals surface area (Å²) in [6.45, 7) is 0. The molecule has 4 nitrogen and oxygen atoms in total. The summed E-state index contributed by atoms with van der Waals surface area (Å²) in [4.78, 5) is 12.4. The van der Waals surface area contributed by atoms with Crippen molar-refractivity contribution in [2.24, 2.45) is 0 Å². The number of anilines is 1. The summed E-state index contributed by atoms with van der Waals surface area (Å²) in [5, 5.41) is 4.17. The van der Waals surface area contributed by atoms with Crippen LogP contribution in [0.5, 0.6) is 0 Å². The lowest BCUT2D eigenvalue weighted by Crippen LogP contribution is -2.27. The fraction of sp³-hybridized carbons (Fsp3) is 0.167. The second kappa shape index (κ2) is 7.62. The maximum atomic E-state index is 5.95. The van der Waals surface area contributed by atoms with E-state index in [2.05, 4.69) is 32.1 Å². The smallest absolute Gasteiger partial charge is 0.201 e. The Balaban J connectivity index is 1.33. The Labute approximate surface area is 174 Å². The van der Waals surface area contributed by atoms with E-state index in [1.807, 2.05) is 60.8 Å². The van der Waals surface area contributed by atoms with Crippen LogP contribution in [0.25, 0.3) is 22.2 Å². The van der Waals surface area contributed by atoms with Gasteiger partial charge < -0.3 is 10.3 Å². The standard InChI is InChI=1S/C24H19ClN4/c25-19-9-6-17(7-10-19)18-8-12-20(26-15-18)11-4-16-5-13-22-23(14-16)29-24(28-22)27-21-2-1-3-21/h5-10,12-15,21H,1-3H2,(H2,27,28,29). The van der Waals surface area contributed by atoms with Crippen LogP contribution in [-0.4, -0.2) is 21.0 Å². The number of benzene rings is 2. The van der Waals surface area contributed by atoms with Crippen molar-refractivity contribution >= 4 is 28.6 Å². The van der Waals surface area contributed by atoms with Crippen molar-refractivity contribution in [2.75, 3.05) is 5.32 Å². The van der Waals surface area contributed by atoms with Crippen molar-refractivity contribution in [1.82, 2.24) is 15.0 Å². The Morgan fingerprint density at radius 2 is 1.79 bits per heavy atom. The number of halogens is 1. The second-order valence-corrected chi connectivity index (χ2v) is 7.71. The van der Waals surface area contributed by atoms with E-state index >= 15 is 0 Å². The Bertz CT molecular complexity index is 1210. The number of rotatable bonds is 3. The van der Waals surface area contributed by atoms with E-state index in [9.17, 15) is 0 Å². The van der Waals surface area contributed by atoms with E-state index in [4.69, 9.17) is 11.6 Å². The number of imidazole rings is 1. The van der Waals surface area contributed by atoms with Crippen molar-refractivity contribution in [2.45, 2.75) is 25.3 Å². The van der Waals surface area contributed by atoms with E-state index < -0.39 is 0 Å². The summed E-state index contributed by atoms with van der Waals surface area (Å²) in [6, 6.07) is 18.3. The number of aromatic nitrogens is 3. The lowest BCUT2D eigenvalue weighted by Gasteiger charge is -2.25. The molecular formula is C24H19ClN4. The van der Waals surface area contributed by atoms with Gasteiger partial charge >= 0.3 is 0 Å². The molecule has 0 unspecified atom stereocenters. The third-order valence-electron chi connectivity index (χ3n) is 5.21. The monoisotopic (exact) mass is 398 g/mol. The Morgan fingerprint density at radius 1 is 0.966 bits per heavy atom. The summed E-state index contributed by atoms with van der Waals surface area (Å²) in [7, 11) is 0. The Morgan fingerprint density at radius 3 is 2.52 bits per heavy atom. The van der Waals surface area contributed by atoms with Crippen LogP contribution in [0.1, 0.15) is 30.5 Å². The molecule has 2 aromatic heterocycles. The highest BCUT2D eigenvalue weighted by Gasteiger charge is 2.18. The van der Waals surface area contributed by atoms with E-state index in [1.54, 1.807) is 0 Å². The van der Waals surface area contributed by atoms with Gasteiger partial charge in [-0.3, -0.25) is 0 Å². The minimum Gasteiger partial charge on any atom is -0.353 e. The van der Waals surface area contributed by atoms with Gasteiger partial charge in [-0.25, -0.2) is 9.97 Å². The minimum atomic E-state index is 0.553. The predicted octanol–water partition coefficient (Wildman–Crippen LogP) is 5.64. The molecule has 0 radical (unpaired) electrons. The van der Waals surface area contributed by atoms with Crippen LogP contribution in [0.4, 0.5) is 5.95 Å². The van der Waals surface area contributed by atoms with Gasteiger partial charge in [0.15, 0.2) is 0 Å². The zero-order chi connectivity index (χ0) is 19.6. The number of pyridine rings is 1. The summed E-state index contributed by atoms with van der Waals surface area (Å²) in [6.07, 6.45) is 5.57. The normalized spacial score (nSPS) is 13.6. The first-order valence-electron chi connectivity index (χ1n) is 9.73. The lowest BCUT2D eigenvalue weighted by molar-refractivity contribution is 0.443. The summed E-state index contributed by atoms with van der Waals surface area (Å²) < 4.78 is 0. The molecule has 1 aliphatic rings. The van der Waals surface area contributed by atoms with Crippen LogP contribution >= 0.6 is 11.6 Å². The molecule has 4 aromatic rings. The van der Waals surface area contributed by atoms with Gasteiger partial charge in [-0.1, -0.05) is 35.7 Å². The fourth-order valence-electron chi connectivity index (χ4n) is 3.31. The first kappa shape index (κ1) is 17.8. The van der Waals surface area contributed by atoms with E-state index in [-0.39, 0.29) is 0 Å². The molecule has 0 bridgehead atoms. The number of hydrogen-bond acceptors (Lipinski definition) is 3. The van der Waals surface area contributed by atoms with Crippen molar-refractivity contribution in [3.63, 3.8) is 0 Å². The van der Waals surface area contributed by atoms with Gasteiger partial charge in [0.1, 0.15) is 5.69 Å². The average molecular weight is 399 g/mol. The molecule has 1 aliphatic carbocycles. The zero-order valence-corrected chi connectivity index (χ0v) is 16.5. The van der Waals surface area contributed by atoms with Gasteiger partial charge in [-0.15, -0.1) is 0 Å². The molecule has 0 spiro atoms. The molecule has 2 N–H and O–H groups in total. The number of aromatic amines is 1. The molecule has 1 saturated carbocycles. The molecule has 5 rings (SSSR count). The maximum Gasteiger partial charge on any atom is 0.201 e. The van der Waals surface area contributed by atoms with Crippen LogP contribution in [0.2, 0.25) is 5.02 Å². The van der Waals surface area contributed by atoms with Crippen molar-refractivity contribution in [3.05, 3.63) is 77.1 Å². The number of hydrogen-bond donors (Lipinski definition) is 2. The van der Waals surface area contributed by atoms with Crippen LogP contribution in [0.15, 0.2) is 60.8 Å². The molecule has 2 aromatic carbocycles. The lowest BCUT2D eigenvalue weighted by atomic mass is 9.93. The zero-order valence-electron chi connectivity index (χ0n) is 15.7. The summed E-state index contributed by atoms with van der Waals surface area (Å²) in [5.74, 6) is 7.16. The molecule has 0 amide bonds. The van der Waals surface area contributed by atoms with Gasteiger partial charge in [0, 0.05) is 28.4 Å². The highest BCUT2D eigenvalue weighted by molar-refractivity contribution is 6.30. The fourth-order valence-corrected chi connectivity index (χ4v) is 3.44. The van der Waals surface area contributed by atoms with Gasteiger partial charge in [0.05, 0.1) is 11.0 Å². The number of nitrogens with zero attached hydrogens (tertiary/aromatic N) is 2. The quantitative estimate of drug-likeness (QED) is 0.439. The van der Waals surface area contributed by atoms with E-state index in [0.29, 0.717) is 6.04 Å². The predicted molar refractivity (Wildman–Crippen MR) is 118 cm³/mol. The van der Waals surface area contributed by atoms with E-state index in [1.165, 1.54) is 19.3 Å². The molecule has 5 heteroatoms. The molecule has 142 valence electrons. The maximum absolute atomic E-state index is 5.95. The number of fused-ring (bicyclic) bond motifs is 1. The van der Waals surface area contributed by atoms with E-state index in [0.717, 1.165) is 44.4 Å². The third-order valence-corrected chi connectivity index (χ3v) is 5.46. The van der Waals surface area contributed by atoms with Crippen molar-refractivity contribution < 1.29 is 0 Å². The topological polar surface area (TPSA) is 53.6 Å². The molecule has 0 saturated heterocycles. The molecule has 29 heavy (non-hydrogen) atoms. The largest absolute Gasteiger partial charge is 0.353 e. The van der Waals surface area contributed by atoms with Crippen LogP contribution in [0, 0.1) is 11.8 Å². The molecule has 0 atom stereocenters. The third kappa shape index (κ3) is 3.96. The minimum absolute atomic E-state index is 0.553.